The number of carboxylic acid groups (broad SMARTS) is 1. The third-order valence-corrected chi connectivity index (χ3v) is 7.17. The molecule has 7 nitrogen and oxygen atoms in total. The number of para-hydroxylation sites is 1. The van der Waals surface area contributed by atoms with E-state index in [0.717, 1.165) is 58.6 Å². The molecule has 1 amide bonds. The molecule has 0 saturated carbocycles. The van der Waals surface area contributed by atoms with Crippen molar-refractivity contribution in [2.45, 2.75) is 33.1 Å². The zero-order valence-electron chi connectivity index (χ0n) is 23.4. The van der Waals surface area contributed by atoms with Gasteiger partial charge in [0.05, 0.1) is 16.6 Å². The summed E-state index contributed by atoms with van der Waals surface area (Å²) in [4.78, 5) is 29.8. The number of hydrogen-bond donors (Lipinski definition) is 3. The van der Waals surface area contributed by atoms with Crippen LogP contribution in [0.2, 0.25) is 0 Å². The van der Waals surface area contributed by atoms with Crippen LogP contribution < -0.4 is 10.6 Å². The minimum Gasteiger partial charge on any atom is -0.478 e. The fraction of sp³-hybridized carbons (Fsp3) is 0.206. The summed E-state index contributed by atoms with van der Waals surface area (Å²) >= 11 is 0. The molecule has 208 valence electrons. The van der Waals surface area contributed by atoms with Crippen molar-refractivity contribution < 1.29 is 14.7 Å². The van der Waals surface area contributed by atoms with Gasteiger partial charge >= 0.3 is 5.97 Å². The molecule has 0 saturated heterocycles. The second kappa shape index (κ2) is 12.5. The molecular weight excluding hydrogens is 512 g/mol. The van der Waals surface area contributed by atoms with Crippen LogP contribution in [0.25, 0.3) is 27.8 Å². The number of carbonyl (C=O) groups is 2. The zero-order chi connectivity index (χ0) is 28.8. The highest BCUT2D eigenvalue weighted by Gasteiger charge is 2.17. The normalized spacial score (nSPS) is 11.0. The Morgan fingerprint density at radius 2 is 1.66 bits per heavy atom. The molecule has 3 N–H and O–H groups in total. The number of nitrogens with one attached hydrogen (secondary N) is 2. The van der Waals surface area contributed by atoms with Crippen molar-refractivity contribution in [2.24, 2.45) is 0 Å². The Hall–Kier alpha value is -4.91. The highest BCUT2D eigenvalue weighted by Crippen LogP contribution is 2.31. The minimum atomic E-state index is -0.951. The van der Waals surface area contributed by atoms with Gasteiger partial charge in [0.2, 0.25) is 0 Å². The number of aromatic carboxylic acids is 1. The van der Waals surface area contributed by atoms with Crippen molar-refractivity contribution in [3.05, 3.63) is 114 Å². The third-order valence-electron chi connectivity index (χ3n) is 7.17. The number of carbonyl (C=O) groups excluding carboxylic acids is 1. The topological polar surface area (TPSA) is 96.3 Å². The van der Waals surface area contributed by atoms with Gasteiger partial charge in [-0.3, -0.25) is 9.36 Å². The fourth-order valence-electron chi connectivity index (χ4n) is 5.09. The summed E-state index contributed by atoms with van der Waals surface area (Å²) in [5, 5.41) is 16.0. The molecule has 0 aliphatic rings. The summed E-state index contributed by atoms with van der Waals surface area (Å²) in [5.41, 5.74) is 7.00. The van der Waals surface area contributed by atoms with Gasteiger partial charge in [-0.15, -0.1) is 0 Å². The Kier molecular flexibility index (Phi) is 8.44. The maximum absolute atomic E-state index is 13.1. The van der Waals surface area contributed by atoms with Crippen molar-refractivity contribution in [2.75, 3.05) is 18.4 Å². The van der Waals surface area contributed by atoms with Crippen LogP contribution in [0.15, 0.2) is 91.0 Å². The number of rotatable bonds is 11. The molecule has 1 heterocycles. The van der Waals surface area contributed by atoms with Crippen LogP contribution >= 0.6 is 0 Å². The summed E-state index contributed by atoms with van der Waals surface area (Å²) in [6, 6.07) is 28.6. The first kappa shape index (κ1) is 27.6. The number of nitrogens with zero attached hydrogens (tertiary/aromatic N) is 2. The Bertz CT molecular complexity index is 1690. The van der Waals surface area contributed by atoms with Gasteiger partial charge in [-0.1, -0.05) is 55.8 Å². The van der Waals surface area contributed by atoms with Crippen LogP contribution in [-0.4, -0.2) is 39.6 Å². The first-order valence-electron chi connectivity index (χ1n) is 14.0. The summed E-state index contributed by atoms with van der Waals surface area (Å²) in [6.07, 6.45) is 2.84. The average Bonchev–Trinajstić information content (AvgIpc) is 3.36. The third kappa shape index (κ3) is 6.14. The molecule has 0 spiro atoms. The van der Waals surface area contributed by atoms with Gasteiger partial charge < -0.3 is 15.7 Å². The zero-order valence-corrected chi connectivity index (χ0v) is 23.4. The van der Waals surface area contributed by atoms with Crippen molar-refractivity contribution >= 4 is 28.6 Å². The Balaban J connectivity index is 1.45. The van der Waals surface area contributed by atoms with E-state index in [1.54, 1.807) is 12.1 Å². The molecule has 7 heteroatoms. The van der Waals surface area contributed by atoms with E-state index in [9.17, 15) is 14.7 Å². The number of aryl methyl sites for hydroxylation is 2. The quantitative estimate of drug-likeness (QED) is 0.157. The van der Waals surface area contributed by atoms with E-state index >= 15 is 0 Å². The Morgan fingerprint density at radius 1 is 0.878 bits per heavy atom. The van der Waals surface area contributed by atoms with E-state index in [1.165, 1.54) is 0 Å². The monoisotopic (exact) mass is 546 g/mol. The Morgan fingerprint density at radius 3 is 2.41 bits per heavy atom. The lowest BCUT2D eigenvalue weighted by Crippen LogP contribution is -2.28. The first-order chi connectivity index (χ1) is 20.0. The van der Waals surface area contributed by atoms with Crippen molar-refractivity contribution in [3.63, 3.8) is 0 Å². The predicted molar refractivity (Wildman–Crippen MR) is 164 cm³/mol. The van der Waals surface area contributed by atoms with E-state index in [0.29, 0.717) is 24.2 Å². The number of hydrogen-bond acceptors (Lipinski definition) is 4. The molecule has 4 aromatic carbocycles. The number of fused-ring (bicyclic) bond motifs is 1. The molecule has 0 atom stereocenters. The number of benzene rings is 4. The predicted octanol–water partition coefficient (Wildman–Crippen LogP) is 6.88. The molecule has 0 radical (unpaired) electrons. The molecule has 0 unspecified atom stereocenters. The molecule has 0 bridgehead atoms. The van der Waals surface area contributed by atoms with Crippen LogP contribution in [0.3, 0.4) is 0 Å². The maximum atomic E-state index is 13.1. The molecule has 0 aliphatic heterocycles. The lowest BCUT2D eigenvalue weighted by atomic mass is 9.95. The van der Waals surface area contributed by atoms with Crippen LogP contribution in [0.1, 0.15) is 51.9 Å². The van der Waals surface area contributed by atoms with Crippen LogP contribution in [0.4, 0.5) is 5.69 Å². The highest BCUT2D eigenvalue weighted by atomic mass is 16.4. The van der Waals surface area contributed by atoms with Crippen molar-refractivity contribution in [1.29, 1.82) is 0 Å². The highest BCUT2D eigenvalue weighted by molar-refractivity contribution is 5.98. The van der Waals surface area contributed by atoms with Gasteiger partial charge in [0, 0.05) is 36.4 Å². The number of anilines is 1. The number of amides is 1. The summed E-state index contributed by atoms with van der Waals surface area (Å²) < 4.78 is 2.12. The number of aromatic nitrogens is 2. The molecule has 5 rings (SSSR count). The smallest absolute Gasteiger partial charge is 0.336 e. The van der Waals surface area contributed by atoms with E-state index in [4.69, 9.17) is 4.98 Å². The molecule has 0 fully saturated rings. The lowest BCUT2D eigenvalue weighted by Gasteiger charge is -2.14. The second-order valence-corrected chi connectivity index (χ2v) is 10.1. The molecular formula is C34H34N4O3. The Labute approximate surface area is 239 Å². The molecule has 1 aromatic heterocycles. The number of imidazole rings is 1. The van der Waals surface area contributed by atoms with E-state index in [1.807, 2.05) is 79.7 Å². The van der Waals surface area contributed by atoms with Crippen LogP contribution in [-0.2, 0) is 6.42 Å². The van der Waals surface area contributed by atoms with Crippen LogP contribution in [0, 0.1) is 6.92 Å². The SMILES string of the molecule is CCCCc1nc2ccc(C(=O)NCCNc3ccccc3)cc2n1-c1ccc(-c2ccccc2C(=O)O)c(C)c1. The van der Waals surface area contributed by atoms with E-state index in [-0.39, 0.29) is 11.5 Å². The van der Waals surface area contributed by atoms with Gasteiger partial charge in [0.25, 0.3) is 5.91 Å². The van der Waals surface area contributed by atoms with Gasteiger partial charge in [-0.25, -0.2) is 9.78 Å². The average molecular weight is 547 g/mol. The second-order valence-electron chi connectivity index (χ2n) is 10.1. The fourth-order valence-corrected chi connectivity index (χ4v) is 5.09. The summed E-state index contributed by atoms with van der Waals surface area (Å²) in [5.74, 6) is -0.154. The number of carboxylic acids is 1. The van der Waals surface area contributed by atoms with Crippen molar-refractivity contribution in [1.82, 2.24) is 14.9 Å². The van der Waals surface area contributed by atoms with Crippen LogP contribution in [0.5, 0.6) is 0 Å². The standard InChI is InChI=1S/C34H34N4O3/c1-3-4-14-32-37-30-18-15-24(33(39)36-20-19-35-25-10-6-5-7-11-25)22-31(30)38(32)26-16-17-27(23(2)21-26)28-12-8-9-13-29(28)34(40)41/h5-13,15-18,21-22,35H,3-4,14,19-20H2,1-2H3,(H,36,39)(H,40,41). The van der Waals surface area contributed by atoms with Crippen molar-refractivity contribution in [3.8, 4) is 16.8 Å². The van der Waals surface area contributed by atoms with E-state index < -0.39 is 5.97 Å². The number of unbranched alkanes of at least 4 members (excludes halogenated alkanes) is 1. The molecule has 0 aliphatic carbocycles. The minimum absolute atomic E-state index is 0.138. The van der Waals surface area contributed by atoms with Gasteiger partial charge in [0.15, 0.2) is 0 Å². The van der Waals surface area contributed by atoms with Gasteiger partial charge in [-0.05, 0) is 78.6 Å². The first-order valence-corrected chi connectivity index (χ1v) is 14.0. The molecule has 5 aromatic rings. The largest absolute Gasteiger partial charge is 0.478 e. The van der Waals surface area contributed by atoms with Gasteiger partial charge in [-0.2, -0.15) is 0 Å². The maximum Gasteiger partial charge on any atom is 0.336 e. The summed E-state index contributed by atoms with van der Waals surface area (Å²) in [7, 11) is 0. The summed E-state index contributed by atoms with van der Waals surface area (Å²) in [6.45, 7) is 5.25. The van der Waals surface area contributed by atoms with Gasteiger partial charge in [0.1, 0.15) is 5.82 Å². The molecule has 41 heavy (non-hydrogen) atoms. The lowest BCUT2D eigenvalue weighted by molar-refractivity contribution is 0.0697. The van der Waals surface area contributed by atoms with E-state index in [2.05, 4.69) is 28.2 Å².